The van der Waals surface area contributed by atoms with E-state index in [1.165, 1.54) is 32.3 Å². The highest BCUT2D eigenvalue weighted by Crippen LogP contribution is 2.37. The molecule has 3 heteroatoms. The van der Waals surface area contributed by atoms with Crippen LogP contribution < -0.4 is 0 Å². The zero-order valence-electron chi connectivity index (χ0n) is 16.5. The molecule has 146 valence electrons. The second kappa shape index (κ2) is 7.47. The summed E-state index contributed by atoms with van der Waals surface area (Å²) in [6.07, 6.45) is 0. The Balaban J connectivity index is 1.77. The third-order valence-electron chi connectivity index (χ3n) is 5.54. The number of halogens is 1. The minimum atomic E-state index is -0.401. The highest BCUT2D eigenvalue weighted by atomic mass is 35.5. The van der Waals surface area contributed by atoms with Crippen LogP contribution in [0.1, 0.15) is 17.3 Å². The van der Waals surface area contributed by atoms with Crippen molar-refractivity contribution in [1.29, 1.82) is 0 Å². The summed E-state index contributed by atoms with van der Waals surface area (Å²) in [6, 6.07) is 29.0. The summed E-state index contributed by atoms with van der Waals surface area (Å²) in [4.78, 5) is 12.3. The first kappa shape index (κ1) is 18.7. The van der Waals surface area contributed by atoms with Gasteiger partial charge in [-0.25, -0.2) is 4.79 Å². The topological polar surface area (TPSA) is 26.3 Å². The van der Waals surface area contributed by atoms with Crippen molar-refractivity contribution in [2.24, 2.45) is 0 Å². The lowest BCUT2D eigenvalue weighted by Crippen LogP contribution is -2.05. The van der Waals surface area contributed by atoms with Crippen LogP contribution in [0.4, 0.5) is 0 Å². The number of benzene rings is 5. The van der Waals surface area contributed by atoms with Crippen LogP contribution in [0.3, 0.4) is 0 Å². The Morgan fingerprint density at radius 2 is 1.20 bits per heavy atom. The summed E-state index contributed by atoms with van der Waals surface area (Å²) in [6.45, 7) is 2.10. The second-order valence-corrected chi connectivity index (χ2v) is 7.67. The standard InChI is InChI=1S/C27H19ClO2/c1-2-30-27(29)25-16-18(12-14-26(25)28)17-11-13-23-21-9-4-3-7-19(21)20-8-5-6-10-22(20)24(23)15-17/h3-16H,2H2,1H3. The third-order valence-corrected chi connectivity index (χ3v) is 5.87. The van der Waals surface area contributed by atoms with E-state index in [2.05, 4.69) is 66.7 Å². The average Bonchev–Trinajstić information content (AvgIpc) is 2.79. The number of hydrogen-bond acceptors (Lipinski definition) is 2. The molecule has 0 amide bonds. The van der Waals surface area contributed by atoms with Crippen molar-refractivity contribution in [2.45, 2.75) is 6.92 Å². The summed E-state index contributed by atoms with van der Waals surface area (Å²) in [5.41, 5.74) is 2.35. The van der Waals surface area contributed by atoms with Gasteiger partial charge in [0.25, 0.3) is 0 Å². The lowest BCUT2D eigenvalue weighted by molar-refractivity contribution is 0.0526. The lowest BCUT2D eigenvalue weighted by Gasteiger charge is -2.12. The molecule has 0 heterocycles. The Hall–Kier alpha value is -3.36. The summed E-state index contributed by atoms with van der Waals surface area (Å²) in [5.74, 6) is -0.401. The number of ether oxygens (including phenoxy) is 1. The Labute approximate surface area is 179 Å². The van der Waals surface area contributed by atoms with Gasteiger partial charge in [0.1, 0.15) is 0 Å². The second-order valence-electron chi connectivity index (χ2n) is 7.27. The van der Waals surface area contributed by atoms with E-state index in [4.69, 9.17) is 16.3 Å². The van der Waals surface area contributed by atoms with Crippen molar-refractivity contribution in [3.63, 3.8) is 0 Å². The first-order valence-electron chi connectivity index (χ1n) is 9.97. The molecular weight excluding hydrogens is 392 g/mol. The van der Waals surface area contributed by atoms with E-state index >= 15 is 0 Å². The van der Waals surface area contributed by atoms with Gasteiger partial charge < -0.3 is 4.74 Å². The van der Waals surface area contributed by atoms with Gasteiger partial charge in [-0.2, -0.15) is 0 Å². The summed E-state index contributed by atoms with van der Waals surface area (Å²) < 4.78 is 5.15. The van der Waals surface area contributed by atoms with E-state index in [9.17, 15) is 4.79 Å². The molecule has 0 aliphatic heterocycles. The van der Waals surface area contributed by atoms with Gasteiger partial charge in [0, 0.05) is 0 Å². The van der Waals surface area contributed by atoms with Gasteiger partial charge >= 0.3 is 5.97 Å². The van der Waals surface area contributed by atoms with Crippen LogP contribution in [-0.4, -0.2) is 12.6 Å². The molecule has 2 nitrogen and oxygen atoms in total. The molecule has 0 saturated carbocycles. The molecule has 5 aromatic rings. The predicted molar refractivity (Wildman–Crippen MR) is 125 cm³/mol. The van der Waals surface area contributed by atoms with Crippen molar-refractivity contribution in [3.8, 4) is 11.1 Å². The molecule has 30 heavy (non-hydrogen) atoms. The molecule has 0 N–H and O–H groups in total. The van der Waals surface area contributed by atoms with Gasteiger partial charge in [-0.1, -0.05) is 78.3 Å². The molecule has 0 unspecified atom stereocenters. The van der Waals surface area contributed by atoms with Crippen molar-refractivity contribution in [3.05, 3.63) is 95.5 Å². The van der Waals surface area contributed by atoms with E-state index in [-0.39, 0.29) is 0 Å². The van der Waals surface area contributed by atoms with E-state index in [0.717, 1.165) is 11.1 Å². The third kappa shape index (κ3) is 3.01. The van der Waals surface area contributed by atoms with Gasteiger partial charge in [-0.15, -0.1) is 0 Å². The number of carbonyl (C=O) groups excluding carboxylic acids is 1. The highest BCUT2D eigenvalue weighted by molar-refractivity contribution is 6.33. The fourth-order valence-corrected chi connectivity index (χ4v) is 4.35. The summed E-state index contributed by atoms with van der Waals surface area (Å²) >= 11 is 6.25. The van der Waals surface area contributed by atoms with E-state index in [1.807, 2.05) is 12.1 Å². The van der Waals surface area contributed by atoms with Gasteiger partial charge in [0.2, 0.25) is 0 Å². The molecule has 0 bridgehead atoms. The van der Waals surface area contributed by atoms with Crippen LogP contribution in [0, 0.1) is 0 Å². The molecule has 0 saturated heterocycles. The Bertz CT molecular complexity index is 1400. The van der Waals surface area contributed by atoms with Crippen LogP contribution in [0.15, 0.2) is 84.9 Å². The zero-order valence-corrected chi connectivity index (χ0v) is 17.2. The molecule has 0 fully saturated rings. The Morgan fingerprint density at radius 3 is 1.80 bits per heavy atom. The van der Waals surface area contributed by atoms with Crippen molar-refractivity contribution in [1.82, 2.24) is 0 Å². The molecule has 5 aromatic carbocycles. The molecule has 0 aliphatic carbocycles. The number of hydrogen-bond donors (Lipinski definition) is 0. The molecule has 0 aliphatic rings. The minimum absolute atomic E-state index is 0.314. The van der Waals surface area contributed by atoms with Gasteiger partial charge in [-0.05, 0) is 68.6 Å². The first-order chi connectivity index (χ1) is 14.7. The zero-order chi connectivity index (χ0) is 20.7. The molecule has 0 radical (unpaired) electrons. The van der Waals surface area contributed by atoms with Gasteiger partial charge in [-0.3, -0.25) is 0 Å². The summed E-state index contributed by atoms with van der Waals surface area (Å²) in [5, 5.41) is 7.75. The predicted octanol–water partition coefficient (Wildman–Crippen LogP) is 7.64. The maximum atomic E-state index is 12.3. The van der Waals surface area contributed by atoms with E-state index in [1.54, 1.807) is 13.0 Å². The number of fused-ring (bicyclic) bond motifs is 6. The van der Waals surface area contributed by atoms with Crippen molar-refractivity contribution < 1.29 is 9.53 Å². The Morgan fingerprint density at radius 1 is 0.700 bits per heavy atom. The number of esters is 1. The lowest BCUT2D eigenvalue weighted by atomic mass is 9.92. The highest BCUT2D eigenvalue weighted by Gasteiger charge is 2.14. The van der Waals surface area contributed by atoms with Crippen LogP contribution in [0.25, 0.3) is 43.4 Å². The Kier molecular flexibility index (Phi) is 4.65. The van der Waals surface area contributed by atoms with Crippen LogP contribution in [-0.2, 0) is 4.74 Å². The summed E-state index contributed by atoms with van der Waals surface area (Å²) in [7, 11) is 0. The van der Waals surface area contributed by atoms with Crippen LogP contribution >= 0.6 is 11.6 Å². The van der Waals surface area contributed by atoms with Crippen LogP contribution in [0.5, 0.6) is 0 Å². The van der Waals surface area contributed by atoms with Gasteiger partial charge in [0.05, 0.1) is 17.2 Å². The monoisotopic (exact) mass is 410 g/mol. The molecular formula is C27H19ClO2. The van der Waals surface area contributed by atoms with Crippen molar-refractivity contribution >= 4 is 49.9 Å². The molecule has 0 atom stereocenters. The fraction of sp³-hybridized carbons (Fsp3) is 0.0741. The fourth-order valence-electron chi connectivity index (χ4n) is 4.16. The van der Waals surface area contributed by atoms with E-state index in [0.29, 0.717) is 17.2 Å². The quantitative estimate of drug-likeness (QED) is 0.225. The maximum Gasteiger partial charge on any atom is 0.339 e. The number of carbonyl (C=O) groups is 1. The van der Waals surface area contributed by atoms with Gasteiger partial charge in [0.15, 0.2) is 0 Å². The largest absolute Gasteiger partial charge is 0.462 e. The smallest absolute Gasteiger partial charge is 0.339 e. The SMILES string of the molecule is CCOC(=O)c1cc(-c2ccc3c4ccccc4c4ccccc4c3c2)ccc1Cl. The first-order valence-corrected chi connectivity index (χ1v) is 10.4. The van der Waals surface area contributed by atoms with Crippen LogP contribution in [0.2, 0.25) is 5.02 Å². The maximum absolute atomic E-state index is 12.3. The number of rotatable bonds is 3. The molecule has 0 aromatic heterocycles. The normalized spacial score (nSPS) is 11.3. The molecule has 5 rings (SSSR count). The average molecular weight is 411 g/mol. The van der Waals surface area contributed by atoms with E-state index < -0.39 is 5.97 Å². The minimum Gasteiger partial charge on any atom is -0.462 e. The molecule has 0 spiro atoms. The van der Waals surface area contributed by atoms with Crippen molar-refractivity contribution in [2.75, 3.05) is 6.61 Å².